The third-order valence-electron chi connectivity index (χ3n) is 3.98. The van der Waals surface area contributed by atoms with Crippen LogP contribution in [0, 0.1) is 0 Å². The number of rotatable bonds is 2. The van der Waals surface area contributed by atoms with Crippen LogP contribution in [0.5, 0.6) is 0 Å². The van der Waals surface area contributed by atoms with Crippen molar-refractivity contribution < 1.29 is 0 Å². The summed E-state index contributed by atoms with van der Waals surface area (Å²) in [4.78, 5) is 2.31. The molecule has 1 heterocycles. The predicted octanol–water partition coefficient (Wildman–Crippen LogP) is 4.31. The Hall–Kier alpha value is -1.22. The van der Waals surface area contributed by atoms with Crippen molar-refractivity contribution in [1.29, 1.82) is 0 Å². The summed E-state index contributed by atoms with van der Waals surface area (Å²) < 4.78 is 0. The molecule has 0 amide bonds. The molecule has 0 spiro atoms. The van der Waals surface area contributed by atoms with E-state index in [1.54, 1.807) is 0 Å². The molecule has 4 heteroatoms. The number of nitrogens with zero attached hydrogens (tertiary/aromatic N) is 1. The summed E-state index contributed by atoms with van der Waals surface area (Å²) in [6.07, 6.45) is 0.984. The van der Waals surface area contributed by atoms with E-state index in [-0.39, 0.29) is 6.04 Å². The highest BCUT2D eigenvalue weighted by Crippen LogP contribution is 2.31. The van der Waals surface area contributed by atoms with Gasteiger partial charge in [0, 0.05) is 40.8 Å². The van der Waals surface area contributed by atoms with Gasteiger partial charge >= 0.3 is 0 Å². The Morgan fingerprint density at radius 1 is 0.952 bits per heavy atom. The molecule has 1 aliphatic rings. The third kappa shape index (κ3) is 3.52. The lowest BCUT2D eigenvalue weighted by atomic mass is 9.88. The second-order valence-corrected chi connectivity index (χ2v) is 6.51. The number of hydrogen-bond acceptors (Lipinski definition) is 2. The molecule has 0 radical (unpaired) electrons. The highest BCUT2D eigenvalue weighted by molar-refractivity contribution is 6.31. The Kier molecular flexibility index (Phi) is 4.39. The molecule has 2 unspecified atom stereocenters. The summed E-state index contributed by atoms with van der Waals surface area (Å²) >= 11 is 12.2. The topological polar surface area (TPSA) is 29.3 Å². The average molecular weight is 321 g/mol. The van der Waals surface area contributed by atoms with E-state index in [2.05, 4.69) is 17.0 Å². The van der Waals surface area contributed by atoms with Crippen molar-refractivity contribution in [2.75, 3.05) is 18.0 Å². The van der Waals surface area contributed by atoms with Crippen LogP contribution in [0.3, 0.4) is 0 Å². The fraction of sp³-hybridized carbons (Fsp3) is 0.294. The van der Waals surface area contributed by atoms with Crippen molar-refractivity contribution in [2.24, 2.45) is 5.73 Å². The standard InChI is InChI=1S/C17H18Cl2N2/c18-14-4-1-3-12(7-14)13-8-16(20)11-21(10-13)17-6-2-5-15(19)9-17/h1-7,9,13,16H,8,10-11,20H2. The number of anilines is 1. The van der Waals surface area contributed by atoms with Gasteiger partial charge < -0.3 is 10.6 Å². The van der Waals surface area contributed by atoms with Gasteiger partial charge in [-0.3, -0.25) is 0 Å². The van der Waals surface area contributed by atoms with Crippen LogP contribution in [-0.2, 0) is 0 Å². The SMILES string of the molecule is NC1CC(c2cccc(Cl)c2)CN(c2cccc(Cl)c2)C1. The molecular weight excluding hydrogens is 303 g/mol. The van der Waals surface area contributed by atoms with E-state index < -0.39 is 0 Å². The minimum atomic E-state index is 0.154. The van der Waals surface area contributed by atoms with Gasteiger partial charge in [-0.05, 0) is 42.3 Å². The highest BCUT2D eigenvalue weighted by Gasteiger charge is 2.26. The third-order valence-corrected chi connectivity index (χ3v) is 4.45. The lowest BCUT2D eigenvalue weighted by molar-refractivity contribution is 0.454. The summed E-state index contributed by atoms with van der Waals surface area (Å²) in [7, 11) is 0. The molecule has 0 aliphatic carbocycles. The Morgan fingerprint density at radius 2 is 1.67 bits per heavy atom. The maximum absolute atomic E-state index is 6.26. The summed E-state index contributed by atoms with van der Waals surface area (Å²) in [5.41, 5.74) is 8.64. The van der Waals surface area contributed by atoms with Crippen molar-refractivity contribution >= 4 is 28.9 Å². The lowest BCUT2D eigenvalue weighted by Gasteiger charge is -2.38. The van der Waals surface area contributed by atoms with Gasteiger partial charge in [0.25, 0.3) is 0 Å². The number of hydrogen-bond donors (Lipinski definition) is 1. The molecule has 2 nitrogen and oxygen atoms in total. The quantitative estimate of drug-likeness (QED) is 0.893. The fourth-order valence-electron chi connectivity index (χ4n) is 3.02. The van der Waals surface area contributed by atoms with Crippen molar-refractivity contribution in [3.8, 4) is 0 Å². The van der Waals surface area contributed by atoms with Crippen LogP contribution in [0.1, 0.15) is 17.9 Å². The van der Waals surface area contributed by atoms with Crippen molar-refractivity contribution in [3.05, 3.63) is 64.1 Å². The monoisotopic (exact) mass is 320 g/mol. The van der Waals surface area contributed by atoms with Crippen LogP contribution in [0.25, 0.3) is 0 Å². The molecule has 21 heavy (non-hydrogen) atoms. The Labute approximate surface area is 135 Å². The predicted molar refractivity (Wildman–Crippen MR) is 90.5 cm³/mol. The summed E-state index contributed by atoms with van der Waals surface area (Å²) in [6, 6.07) is 16.2. The van der Waals surface area contributed by atoms with Crippen LogP contribution in [0.2, 0.25) is 10.0 Å². The first-order chi connectivity index (χ1) is 10.1. The molecule has 0 bridgehead atoms. The minimum absolute atomic E-state index is 0.154. The van der Waals surface area contributed by atoms with Gasteiger partial charge in [-0.1, -0.05) is 41.4 Å². The van der Waals surface area contributed by atoms with E-state index in [0.29, 0.717) is 5.92 Å². The normalized spacial score (nSPS) is 22.3. The average Bonchev–Trinajstić information content (AvgIpc) is 2.46. The van der Waals surface area contributed by atoms with Gasteiger partial charge in [0.15, 0.2) is 0 Å². The summed E-state index contributed by atoms with van der Waals surface area (Å²) in [5, 5.41) is 1.53. The lowest BCUT2D eigenvalue weighted by Crippen LogP contribution is -2.46. The number of halogens is 2. The van der Waals surface area contributed by atoms with E-state index >= 15 is 0 Å². The maximum atomic E-state index is 6.26. The van der Waals surface area contributed by atoms with Crippen molar-refractivity contribution in [1.82, 2.24) is 0 Å². The number of benzene rings is 2. The first-order valence-corrected chi connectivity index (χ1v) is 7.89. The van der Waals surface area contributed by atoms with Gasteiger partial charge in [-0.25, -0.2) is 0 Å². The van der Waals surface area contributed by atoms with Gasteiger partial charge in [0.1, 0.15) is 0 Å². The van der Waals surface area contributed by atoms with Gasteiger partial charge in [-0.15, -0.1) is 0 Å². The van der Waals surface area contributed by atoms with Crippen LogP contribution < -0.4 is 10.6 Å². The molecule has 3 rings (SSSR count). The van der Waals surface area contributed by atoms with Crippen molar-refractivity contribution in [3.63, 3.8) is 0 Å². The number of piperidine rings is 1. The van der Waals surface area contributed by atoms with Gasteiger partial charge in [0.2, 0.25) is 0 Å². The van der Waals surface area contributed by atoms with Crippen LogP contribution in [0.15, 0.2) is 48.5 Å². The molecule has 1 saturated heterocycles. The zero-order valence-electron chi connectivity index (χ0n) is 11.7. The van der Waals surface area contributed by atoms with E-state index in [1.165, 1.54) is 5.56 Å². The van der Waals surface area contributed by atoms with Crippen LogP contribution in [-0.4, -0.2) is 19.1 Å². The first-order valence-electron chi connectivity index (χ1n) is 7.13. The fourth-order valence-corrected chi connectivity index (χ4v) is 3.41. The summed E-state index contributed by atoms with van der Waals surface area (Å²) in [6.45, 7) is 1.80. The van der Waals surface area contributed by atoms with E-state index in [9.17, 15) is 0 Å². The zero-order valence-corrected chi connectivity index (χ0v) is 13.2. The molecule has 110 valence electrons. The van der Waals surface area contributed by atoms with Crippen molar-refractivity contribution in [2.45, 2.75) is 18.4 Å². The van der Waals surface area contributed by atoms with E-state index in [0.717, 1.165) is 35.2 Å². The van der Waals surface area contributed by atoms with Gasteiger partial charge in [0.05, 0.1) is 0 Å². The second kappa shape index (κ2) is 6.27. The smallest absolute Gasteiger partial charge is 0.0426 e. The summed E-state index contributed by atoms with van der Waals surface area (Å²) in [5.74, 6) is 0.395. The maximum Gasteiger partial charge on any atom is 0.0426 e. The molecule has 2 atom stereocenters. The molecular formula is C17H18Cl2N2. The van der Waals surface area contributed by atoms with Crippen LogP contribution >= 0.6 is 23.2 Å². The molecule has 2 aromatic rings. The largest absolute Gasteiger partial charge is 0.369 e. The molecule has 0 aromatic heterocycles. The first kappa shape index (κ1) is 14.7. The Bertz CT molecular complexity index is 576. The Balaban J connectivity index is 1.85. The van der Waals surface area contributed by atoms with Gasteiger partial charge in [-0.2, -0.15) is 0 Å². The highest BCUT2D eigenvalue weighted by atomic mass is 35.5. The molecule has 1 aliphatic heterocycles. The molecule has 0 saturated carbocycles. The second-order valence-electron chi connectivity index (χ2n) is 5.63. The Morgan fingerprint density at radius 3 is 2.38 bits per heavy atom. The molecule has 2 aromatic carbocycles. The van der Waals surface area contributed by atoms with E-state index in [4.69, 9.17) is 28.9 Å². The molecule has 1 fully saturated rings. The van der Waals surface area contributed by atoms with E-state index in [1.807, 2.05) is 36.4 Å². The molecule has 2 N–H and O–H groups in total. The minimum Gasteiger partial charge on any atom is -0.369 e. The number of nitrogens with two attached hydrogens (primary N) is 1. The zero-order chi connectivity index (χ0) is 14.8. The van der Waals surface area contributed by atoms with Crippen LogP contribution in [0.4, 0.5) is 5.69 Å².